The Kier molecular flexibility index (Phi) is 8.38. The van der Waals surface area contributed by atoms with Gasteiger partial charge in [-0.1, -0.05) is 67.8 Å². The van der Waals surface area contributed by atoms with Crippen LogP contribution in [-0.4, -0.2) is 66.0 Å². The van der Waals surface area contributed by atoms with Crippen LogP contribution in [0.3, 0.4) is 0 Å². The zero-order chi connectivity index (χ0) is 29.7. The molecule has 2 amide bonds. The zero-order valence-electron chi connectivity index (χ0n) is 23.5. The number of esters is 2. The van der Waals surface area contributed by atoms with Gasteiger partial charge in [0.15, 0.2) is 0 Å². The molecule has 0 aromatic heterocycles. The molecule has 1 fully saturated rings. The first kappa shape index (κ1) is 28.6. The van der Waals surface area contributed by atoms with Crippen molar-refractivity contribution in [1.82, 2.24) is 4.90 Å². The number of carbonyl (C=O) groups is 4. The largest absolute Gasteiger partial charge is 0.466 e. The van der Waals surface area contributed by atoms with Gasteiger partial charge in [0, 0.05) is 11.1 Å². The topological polar surface area (TPSA) is 115 Å². The van der Waals surface area contributed by atoms with E-state index in [1.165, 1.54) is 19.1 Å². The van der Waals surface area contributed by atoms with Gasteiger partial charge >= 0.3 is 11.9 Å². The van der Waals surface area contributed by atoms with Gasteiger partial charge in [-0.2, -0.15) is 0 Å². The molecule has 0 radical (unpaired) electrons. The summed E-state index contributed by atoms with van der Waals surface area (Å²) in [6, 6.07) is 16.7. The molecule has 1 spiro atoms. The number of hydrogen-bond donors (Lipinski definition) is 0. The van der Waals surface area contributed by atoms with E-state index in [0.717, 1.165) is 32.1 Å². The summed E-state index contributed by atoms with van der Waals surface area (Å²) >= 11 is 0. The Labute approximate surface area is 243 Å². The molecular weight excluding hydrogens is 534 g/mol. The Balaban J connectivity index is 1.83. The van der Waals surface area contributed by atoms with Crippen molar-refractivity contribution in [3.63, 3.8) is 0 Å². The Bertz CT molecular complexity index is 1550. The summed E-state index contributed by atoms with van der Waals surface area (Å²) < 4.78 is 10.4. The monoisotopic (exact) mass is 565 g/mol. The molecule has 3 aliphatic rings. The third kappa shape index (κ3) is 5.13. The van der Waals surface area contributed by atoms with E-state index in [9.17, 15) is 19.2 Å². The van der Waals surface area contributed by atoms with E-state index in [0.29, 0.717) is 11.1 Å². The fourth-order valence-corrected chi connectivity index (χ4v) is 5.65. The molecule has 1 heterocycles. The van der Waals surface area contributed by atoms with Crippen LogP contribution in [0.4, 0.5) is 0 Å². The van der Waals surface area contributed by atoms with Crippen molar-refractivity contribution in [3.05, 3.63) is 107 Å². The summed E-state index contributed by atoms with van der Waals surface area (Å²) in [6.07, 6.45) is 10.9. The van der Waals surface area contributed by atoms with Gasteiger partial charge < -0.3 is 9.47 Å². The fourth-order valence-electron chi connectivity index (χ4n) is 5.65. The van der Waals surface area contributed by atoms with Gasteiger partial charge in [0.25, 0.3) is 11.8 Å². The van der Waals surface area contributed by atoms with Gasteiger partial charge in [-0.05, 0) is 49.3 Å². The average molecular weight is 566 g/mol. The van der Waals surface area contributed by atoms with Gasteiger partial charge in [0.05, 0.1) is 31.5 Å². The zero-order valence-corrected chi connectivity index (χ0v) is 23.5. The molecule has 9 nitrogen and oxygen atoms in total. The molecule has 42 heavy (non-hydrogen) atoms. The Morgan fingerprint density at radius 1 is 0.810 bits per heavy atom. The minimum absolute atomic E-state index is 0.0113. The van der Waals surface area contributed by atoms with Crippen molar-refractivity contribution in [2.24, 2.45) is 9.98 Å². The second-order valence-electron chi connectivity index (χ2n) is 10.1. The number of amidine groups is 1. The molecule has 1 atom stereocenters. The lowest BCUT2D eigenvalue weighted by Gasteiger charge is -2.39. The number of nitrogens with zero attached hydrogens (tertiary/aromatic N) is 3. The molecule has 2 aromatic rings. The van der Waals surface area contributed by atoms with E-state index in [4.69, 9.17) is 14.5 Å². The van der Waals surface area contributed by atoms with Gasteiger partial charge in [0.2, 0.25) is 0 Å². The van der Waals surface area contributed by atoms with Gasteiger partial charge in [0.1, 0.15) is 16.9 Å². The number of benzene rings is 2. The third-order valence-corrected chi connectivity index (χ3v) is 7.64. The third-order valence-electron chi connectivity index (χ3n) is 7.64. The first-order valence-electron chi connectivity index (χ1n) is 13.9. The average Bonchev–Trinajstić information content (AvgIpc) is 3.31. The quantitative estimate of drug-likeness (QED) is 0.487. The maximum atomic E-state index is 14.5. The Morgan fingerprint density at radius 3 is 2.05 bits per heavy atom. The fraction of sp³-hybridized carbons (Fsp3) is 0.273. The van der Waals surface area contributed by atoms with Crippen molar-refractivity contribution in [2.75, 3.05) is 14.2 Å². The summed E-state index contributed by atoms with van der Waals surface area (Å²) in [7, 11) is 2.38. The second-order valence-corrected chi connectivity index (χ2v) is 10.1. The SMILES string of the molecule is COC(=O)C1=C(C(=O)OC)C2(C=CC=CC2=NC(=O)c2ccccc2)N(C(=O)c2ccccc2)C1=NC1CCCCC1. The number of carbonyl (C=O) groups excluding carboxylic acids is 4. The minimum atomic E-state index is -1.82. The van der Waals surface area contributed by atoms with E-state index in [1.54, 1.807) is 85.0 Å². The molecule has 1 aliphatic heterocycles. The predicted octanol–water partition coefficient (Wildman–Crippen LogP) is 4.66. The Hall–Kier alpha value is -4.92. The van der Waals surface area contributed by atoms with E-state index in [1.807, 2.05) is 0 Å². The summed E-state index contributed by atoms with van der Waals surface area (Å²) in [6.45, 7) is 0. The molecule has 214 valence electrons. The maximum absolute atomic E-state index is 14.5. The summed E-state index contributed by atoms with van der Waals surface area (Å²) in [5.41, 5.74) is -1.56. The van der Waals surface area contributed by atoms with Crippen LogP contribution in [0.15, 0.2) is 106 Å². The number of ether oxygens (including phenoxy) is 2. The molecule has 0 N–H and O–H groups in total. The molecule has 1 unspecified atom stereocenters. The number of aliphatic imine (C=N–C) groups is 2. The maximum Gasteiger partial charge on any atom is 0.342 e. The highest BCUT2D eigenvalue weighted by Gasteiger charge is 2.59. The van der Waals surface area contributed by atoms with Crippen LogP contribution in [0.25, 0.3) is 0 Å². The van der Waals surface area contributed by atoms with Crippen LogP contribution in [0.1, 0.15) is 52.8 Å². The van der Waals surface area contributed by atoms with E-state index >= 15 is 0 Å². The number of hydrogen-bond acceptors (Lipinski definition) is 7. The Morgan fingerprint density at radius 2 is 1.43 bits per heavy atom. The molecule has 2 aromatic carbocycles. The normalized spacial score (nSPS) is 22.2. The van der Waals surface area contributed by atoms with Crippen molar-refractivity contribution < 1.29 is 28.7 Å². The lowest BCUT2D eigenvalue weighted by molar-refractivity contribution is -0.139. The van der Waals surface area contributed by atoms with Crippen LogP contribution >= 0.6 is 0 Å². The van der Waals surface area contributed by atoms with E-state index in [-0.39, 0.29) is 28.7 Å². The van der Waals surface area contributed by atoms with Gasteiger partial charge in [-0.3, -0.25) is 19.5 Å². The highest BCUT2D eigenvalue weighted by molar-refractivity contribution is 6.36. The number of methoxy groups -OCH3 is 2. The first-order valence-corrected chi connectivity index (χ1v) is 13.9. The van der Waals surface area contributed by atoms with Crippen molar-refractivity contribution in [3.8, 4) is 0 Å². The second kappa shape index (κ2) is 12.3. The highest BCUT2D eigenvalue weighted by atomic mass is 16.5. The van der Waals surface area contributed by atoms with E-state index in [2.05, 4.69) is 4.99 Å². The highest BCUT2D eigenvalue weighted by Crippen LogP contribution is 2.44. The molecule has 5 rings (SSSR count). The lowest BCUT2D eigenvalue weighted by atomic mass is 9.80. The van der Waals surface area contributed by atoms with Gasteiger partial charge in [-0.15, -0.1) is 0 Å². The predicted molar refractivity (Wildman–Crippen MR) is 157 cm³/mol. The molecule has 0 saturated heterocycles. The van der Waals surface area contributed by atoms with Crippen molar-refractivity contribution in [2.45, 2.75) is 43.7 Å². The summed E-state index contributed by atoms with van der Waals surface area (Å²) in [5.74, 6) is -2.87. The molecule has 0 bridgehead atoms. The van der Waals surface area contributed by atoms with Crippen LogP contribution in [0.5, 0.6) is 0 Å². The molecule has 1 saturated carbocycles. The lowest BCUT2D eigenvalue weighted by Crippen LogP contribution is -2.57. The number of amides is 2. The standard InChI is InChI=1S/C33H31N3O6/c1-41-31(39)26-27(32(40)42-2)33(21-13-12-20-25(33)35-29(37)22-14-6-3-7-15-22)36(30(38)23-16-8-4-9-17-23)28(26)34-24-18-10-5-11-19-24/h3-4,6-9,12-17,20-21,24H,5,10-11,18-19H2,1-2H3. The van der Waals surface area contributed by atoms with Crippen LogP contribution < -0.4 is 0 Å². The molecular formula is C33H31N3O6. The van der Waals surface area contributed by atoms with Gasteiger partial charge in [-0.25, -0.2) is 14.6 Å². The first-order chi connectivity index (χ1) is 20.4. The van der Waals surface area contributed by atoms with Crippen molar-refractivity contribution in [1.29, 1.82) is 0 Å². The van der Waals surface area contributed by atoms with Crippen LogP contribution in [0.2, 0.25) is 0 Å². The summed E-state index contributed by atoms with van der Waals surface area (Å²) in [5, 5.41) is 0. The number of rotatable bonds is 5. The summed E-state index contributed by atoms with van der Waals surface area (Å²) in [4.78, 5) is 65.8. The van der Waals surface area contributed by atoms with Crippen LogP contribution in [-0.2, 0) is 19.1 Å². The minimum Gasteiger partial charge on any atom is -0.466 e. The molecule has 9 heteroatoms. The van der Waals surface area contributed by atoms with Crippen LogP contribution in [0, 0.1) is 0 Å². The van der Waals surface area contributed by atoms with Crippen molar-refractivity contribution >= 4 is 35.3 Å². The molecule has 2 aliphatic carbocycles. The number of allylic oxidation sites excluding steroid dienone is 2. The smallest absolute Gasteiger partial charge is 0.342 e. The van der Waals surface area contributed by atoms with E-state index < -0.39 is 29.3 Å².